The number of amides is 2. The molecule has 2 fully saturated rings. The minimum Gasteiger partial charge on any atom is -0.339 e. The standard InChI is InChI=1S/C21H25N5O2/c1-15-18(11-22-14-23-15)19(27)24-17-5-3-4-16(10-17)20(28)26-8-6-21(7-9-26)12-25(2)13-21/h3-5,10-11,14H,6-9,12-13H2,1-2H3,(H,24,27). The van der Waals surface area contributed by atoms with E-state index in [9.17, 15) is 9.59 Å². The minimum absolute atomic E-state index is 0.0258. The molecule has 1 spiro atoms. The number of carbonyl (C=O) groups excluding carboxylic acids is 2. The molecule has 2 aromatic rings. The number of piperidine rings is 1. The Morgan fingerprint density at radius 2 is 1.93 bits per heavy atom. The Bertz CT molecular complexity index is 897. The number of nitrogens with one attached hydrogen (secondary N) is 1. The zero-order chi connectivity index (χ0) is 19.7. The van der Waals surface area contributed by atoms with Crippen LogP contribution in [0.15, 0.2) is 36.8 Å². The van der Waals surface area contributed by atoms with Crippen molar-refractivity contribution in [1.82, 2.24) is 19.8 Å². The molecule has 2 aliphatic heterocycles. The van der Waals surface area contributed by atoms with Gasteiger partial charge in [-0.3, -0.25) is 9.59 Å². The second-order valence-corrected chi connectivity index (χ2v) is 8.02. The zero-order valence-corrected chi connectivity index (χ0v) is 16.3. The zero-order valence-electron chi connectivity index (χ0n) is 16.3. The van der Waals surface area contributed by atoms with Crippen LogP contribution in [0.1, 0.15) is 39.3 Å². The third kappa shape index (κ3) is 3.62. The fourth-order valence-electron chi connectivity index (χ4n) is 4.32. The molecule has 0 radical (unpaired) electrons. The van der Waals surface area contributed by atoms with Gasteiger partial charge in [0.25, 0.3) is 11.8 Å². The van der Waals surface area contributed by atoms with Crippen LogP contribution in [0.2, 0.25) is 0 Å². The smallest absolute Gasteiger partial charge is 0.259 e. The van der Waals surface area contributed by atoms with Crippen LogP contribution in [0.5, 0.6) is 0 Å². The van der Waals surface area contributed by atoms with E-state index in [4.69, 9.17) is 0 Å². The van der Waals surface area contributed by atoms with Crippen LogP contribution >= 0.6 is 0 Å². The summed E-state index contributed by atoms with van der Waals surface area (Å²) in [5.41, 5.74) is 2.64. The van der Waals surface area contributed by atoms with Crippen molar-refractivity contribution in [3.8, 4) is 0 Å². The summed E-state index contributed by atoms with van der Waals surface area (Å²) in [6.07, 6.45) is 5.03. The van der Waals surface area contributed by atoms with Crippen molar-refractivity contribution >= 4 is 17.5 Å². The fraction of sp³-hybridized carbons (Fsp3) is 0.429. The maximum absolute atomic E-state index is 12.9. The van der Waals surface area contributed by atoms with E-state index >= 15 is 0 Å². The van der Waals surface area contributed by atoms with Gasteiger partial charge in [0, 0.05) is 43.6 Å². The van der Waals surface area contributed by atoms with Crippen LogP contribution in [0.3, 0.4) is 0 Å². The largest absolute Gasteiger partial charge is 0.339 e. The number of nitrogens with zero attached hydrogens (tertiary/aromatic N) is 4. The summed E-state index contributed by atoms with van der Waals surface area (Å²) in [6.45, 7) is 5.63. The van der Waals surface area contributed by atoms with Gasteiger partial charge in [-0.2, -0.15) is 0 Å². The van der Waals surface area contributed by atoms with E-state index < -0.39 is 0 Å². The van der Waals surface area contributed by atoms with Crippen molar-refractivity contribution in [3.05, 3.63) is 53.6 Å². The highest BCUT2D eigenvalue weighted by Gasteiger charge is 2.43. The Morgan fingerprint density at radius 3 is 2.61 bits per heavy atom. The maximum Gasteiger partial charge on any atom is 0.259 e. The monoisotopic (exact) mass is 379 g/mol. The van der Waals surface area contributed by atoms with E-state index in [-0.39, 0.29) is 11.8 Å². The molecule has 2 saturated heterocycles. The molecule has 2 amide bonds. The number of benzene rings is 1. The lowest BCUT2D eigenvalue weighted by atomic mass is 9.72. The average Bonchev–Trinajstić information content (AvgIpc) is 2.67. The molecular weight excluding hydrogens is 354 g/mol. The molecule has 1 N–H and O–H groups in total. The molecule has 1 aromatic carbocycles. The third-order valence-corrected chi connectivity index (χ3v) is 5.85. The van der Waals surface area contributed by atoms with E-state index in [1.54, 1.807) is 31.2 Å². The quantitative estimate of drug-likeness (QED) is 0.885. The Labute approximate surface area is 164 Å². The molecule has 2 aliphatic rings. The van der Waals surface area contributed by atoms with Crippen LogP contribution in [-0.2, 0) is 0 Å². The summed E-state index contributed by atoms with van der Waals surface area (Å²) < 4.78 is 0. The van der Waals surface area contributed by atoms with E-state index in [1.165, 1.54) is 12.5 Å². The maximum atomic E-state index is 12.9. The molecule has 0 atom stereocenters. The number of hydrogen-bond acceptors (Lipinski definition) is 5. The summed E-state index contributed by atoms with van der Waals surface area (Å²) in [5, 5.41) is 2.84. The lowest BCUT2D eigenvalue weighted by Crippen LogP contribution is -2.59. The van der Waals surface area contributed by atoms with Gasteiger partial charge < -0.3 is 15.1 Å². The molecule has 0 bridgehead atoms. The average molecular weight is 379 g/mol. The highest BCUT2D eigenvalue weighted by atomic mass is 16.2. The summed E-state index contributed by atoms with van der Waals surface area (Å²) >= 11 is 0. The van der Waals surface area contributed by atoms with Gasteiger partial charge in [0.15, 0.2) is 0 Å². The van der Waals surface area contributed by atoms with Crippen LogP contribution in [0, 0.1) is 12.3 Å². The highest BCUT2D eigenvalue weighted by molar-refractivity contribution is 6.05. The number of anilines is 1. The SMILES string of the molecule is Cc1ncncc1C(=O)Nc1cccc(C(=O)N2CCC3(CC2)CN(C)C3)c1. The second-order valence-electron chi connectivity index (χ2n) is 8.02. The van der Waals surface area contributed by atoms with Gasteiger partial charge in [-0.1, -0.05) is 6.07 Å². The number of carbonyl (C=O) groups is 2. The molecule has 146 valence electrons. The number of aryl methyl sites for hydroxylation is 1. The van der Waals surface area contributed by atoms with Crippen molar-refractivity contribution in [2.24, 2.45) is 5.41 Å². The van der Waals surface area contributed by atoms with E-state index in [2.05, 4.69) is 27.2 Å². The number of aromatic nitrogens is 2. The van der Waals surface area contributed by atoms with Gasteiger partial charge in [0.2, 0.25) is 0 Å². The van der Waals surface area contributed by atoms with Crippen molar-refractivity contribution in [2.45, 2.75) is 19.8 Å². The molecule has 7 heteroatoms. The first-order valence-electron chi connectivity index (χ1n) is 9.62. The predicted molar refractivity (Wildman–Crippen MR) is 106 cm³/mol. The fourth-order valence-corrected chi connectivity index (χ4v) is 4.32. The van der Waals surface area contributed by atoms with Crippen LogP contribution in [0.25, 0.3) is 0 Å². The Morgan fingerprint density at radius 1 is 1.18 bits per heavy atom. The van der Waals surface area contributed by atoms with Gasteiger partial charge >= 0.3 is 0 Å². The molecule has 28 heavy (non-hydrogen) atoms. The molecular formula is C21H25N5O2. The van der Waals surface area contributed by atoms with E-state index in [0.717, 1.165) is 39.0 Å². The summed E-state index contributed by atoms with van der Waals surface area (Å²) in [7, 11) is 2.14. The normalized spacial score (nSPS) is 18.6. The van der Waals surface area contributed by atoms with Crippen LogP contribution in [0.4, 0.5) is 5.69 Å². The minimum atomic E-state index is -0.281. The molecule has 7 nitrogen and oxygen atoms in total. The highest BCUT2D eigenvalue weighted by Crippen LogP contribution is 2.39. The first-order chi connectivity index (χ1) is 13.5. The van der Waals surface area contributed by atoms with Crippen LogP contribution in [-0.4, -0.2) is 64.8 Å². The number of rotatable bonds is 3. The number of likely N-dealkylation sites (tertiary alicyclic amines) is 2. The predicted octanol–water partition coefficient (Wildman–Crippen LogP) is 2.21. The van der Waals surface area contributed by atoms with Crippen molar-refractivity contribution in [3.63, 3.8) is 0 Å². The van der Waals surface area contributed by atoms with E-state index in [1.807, 2.05) is 4.90 Å². The summed E-state index contributed by atoms with van der Waals surface area (Å²) in [5.74, 6) is -0.255. The van der Waals surface area contributed by atoms with E-state index in [0.29, 0.717) is 27.9 Å². The summed E-state index contributed by atoms with van der Waals surface area (Å²) in [6, 6.07) is 7.12. The van der Waals surface area contributed by atoms with Crippen molar-refractivity contribution < 1.29 is 9.59 Å². The Kier molecular flexibility index (Phi) is 4.85. The molecule has 3 heterocycles. The Balaban J connectivity index is 1.41. The third-order valence-electron chi connectivity index (χ3n) is 5.85. The Hall–Kier alpha value is -2.80. The van der Waals surface area contributed by atoms with Gasteiger partial charge in [-0.15, -0.1) is 0 Å². The van der Waals surface area contributed by atoms with Gasteiger partial charge in [-0.25, -0.2) is 9.97 Å². The lowest BCUT2D eigenvalue weighted by molar-refractivity contribution is -0.0268. The molecule has 4 rings (SSSR count). The van der Waals surface area contributed by atoms with Crippen molar-refractivity contribution in [2.75, 3.05) is 38.5 Å². The van der Waals surface area contributed by atoms with Crippen molar-refractivity contribution in [1.29, 1.82) is 0 Å². The van der Waals surface area contributed by atoms with Crippen LogP contribution < -0.4 is 5.32 Å². The van der Waals surface area contributed by atoms with Gasteiger partial charge in [0.1, 0.15) is 6.33 Å². The van der Waals surface area contributed by atoms with Gasteiger partial charge in [0.05, 0.1) is 11.3 Å². The molecule has 0 aliphatic carbocycles. The molecule has 1 aromatic heterocycles. The first kappa shape index (κ1) is 18.6. The van der Waals surface area contributed by atoms with Gasteiger partial charge in [-0.05, 0) is 50.4 Å². The topological polar surface area (TPSA) is 78.4 Å². The second kappa shape index (κ2) is 7.31. The molecule has 0 unspecified atom stereocenters. The summed E-state index contributed by atoms with van der Waals surface area (Å²) in [4.78, 5) is 37.6. The molecule has 0 saturated carbocycles. The number of hydrogen-bond donors (Lipinski definition) is 1. The first-order valence-corrected chi connectivity index (χ1v) is 9.62. The lowest BCUT2D eigenvalue weighted by Gasteiger charge is -2.52.